The molecule has 10 atom stereocenters. The lowest BCUT2D eigenvalue weighted by Gasteiger charge is -2.31. The van der Waals surface area contributed by atoms with E-state index in [1.165, 1.54) is 52.6 Å². The van der Waals surface area contributed by atoms with E-state index < -0.39 is 144 Å². The SMILES string of the molecule is CC(C)C[C@H](NC(=O)[C@H](CCCN)NC(=O)[C@@H](N)C(C)C)C(=O)N[C@@H](Cc1ccc(O)cc1)C(=O)N1CCC[C@H]1C(=O)N[C@@H](Cc1ccccc1)C(=O)N[C@@H](Cc1cccs1)C(=O)N[C@@H](CC(N)=O)C(=O)N[C@@H](CC(=O)O)C(=O)N[C@@H](Cc1ccc(O)cc1)C(=O)O. The molecule has 0 radical (unpaired) electrons. The van der Waals surface area contributed by atoms with Crippen molar-refractivity contribution >= 4 is 82.3 Å². The summed E-state index contributed by atoms with van der Waals surface area (Å²) in [5, 5.41) is 61.6. The van der Waals surface area contributed by atoms with Crippen molar-refractivity contribution in [2.45, 2.75) is 159 Å². The molecule has 1 fully saturated rings. The Hall–Kier alpha value is -9.48. The first-order valence-electron chi connectivity index (χ1n) is 30.2. The van der Waals surface area contributed by atoms with Crippen molar-refractivity contribution < 1.29 is 78.0 Å². The fourth-order valence-corrected chi connectivity index (χ4v) is 10.8. The number of hydrogen-bond donors (Lipinski definition) is 15. The van der Waals surface area contributed by atoms with E-state index >= 15 is 4.79 Å². The van der Waals surface area contributed by atoms with Gasteiger partial charge in [0.2, 0.25) is 59.1 Å². The lowest BCUT2D eigenvalue weighted by molar-refractivity contribution is -0.144. The van der Waals surface area contributed by atoms with Crippen molar-refractivity contribution in [3.63, 3.8) is 0 Å². The number of nitrogens with one attached hydrogen (secondary N) is 8. The summed E-state index contributed by atoms with van der Waals surface area (Å²) in [5.41, 5.74) is 18.8. The number of amides is 10. The average Bonchev–Trinajstić information content (AvgIpc) is 1.63. The third kappa shape index (κ3) is 23.4. The highest BCUT2D eigenvalue weighted by atomic mass is 32.1. The second-order valence-electron chi connectivity index (χ2n) is 23.3. The van der Waals surface area contributed by atoms with Gasteiger partial charge < -0.3 is 85.1 Å². The van der Waals surface area contributed by atoms with Gasteiger partial charge in [-0.2, -0.15) is 0 Å². The number of likely N-dealkylation sites (tertiary alicyclic amines) is 1. The highest BCUT2D eigenvalue weighted by Gasteiger charge is 2.41. The molecule has 92 heavy (non-hydrogen) atoms. The summed E-state index contributed by atoms with van der Waals surface area (Å²) in [6.45, 7) is 7.36. The van der Waals surface area contributed by atoms with E-state index in [9.17, 15) is 73.2 Å². The van der Waals surface area contributed by atoms with Gasteiger partial charge in [0.15, 0.2) is 0 Å². The topological polar surface area (TPSA) is 463 Å². The third-order valence-corrected chi connectivity index (χ3v) is 16.0. The van der Waals surface area contributed by atoms with Crippen LogP contribution in [0.1, 0.15) is 94.2 Å². The van der Waals surface area contributed by atoms with Crippen molar-refractivity contribution in [3.05, 3.63) is 118 Å². The number of primary amides is 1. The average molecular weight is 1300 g/mol. The van der Waals surface area contributed by atoms with Gasteiger partial charge in [0.25, 0.3) is 0 Å². The fourth-order valence-electron chi connectivity index (χ4n) is 10.1. The van der Waals surface area contributed by atoms with Crippen LogP contribution in [0.15, 0.2) is 96.4 Å². The van der Waals surface area contributed by atoms with Gasteiger partial charge in [-0.3, -0.25) is 52.7 Å². The summed E-state index contributed by atoms with van der Waals surface area (Å²) in [6, 6.07) is 8.50. The van der Waals surface area contributed by atoms with E-state index in [4.69, 9.17) is 17.2 Å². The molecule has 1 aliphatic rings. The van der Waals surface area contributed by atoms with E-state index in [0.717, 1.165) is 0 Å². The summed E-state index contributed by atoms with van der Waals surface area (Å²) in [5.74, 6) is -13.0. The third-order valence-electron chi connectivity index (χ3n) is 15.1. The largest absolute Gasteiger partial charge is 0.508 e. The zero-order valence-electron chi connectivity index (χ0n) is 51.6. The van der Waals surface area contributed by atoms with Crippen molar-refractivity contribution in [1.29, 1.82) is 0 Å². The van der Waals surface area contributed by atoms with Crippen LogP contribution >= 0.6 is 11.3 Å². The van der Waals surface area contributed by atoms with Gasteiger partial charge in [0, 0.05) is 37.1 Å². The molecule has 498 valence electrons. The van der Waals surface area contributed by atoms with E-state index in [0.29, 0.717) is 34.4 Å². The number of carboxylic acid groups (broad SMARTS) is 2. The van der Waals surface area contributed by atoms with Gasteiger partial charge in [0.05, 0.1) is 18.9 Å². The second kappa shape index (κ2) is 35.8. The lowest BCUT2D eigenvalue weighted by Crippen LogP contribution is -2.61. The molecule has 2 heterocycles. The lowest BCUT2D eigenvalue weighted by atomic mass is 9.99. The first kappa shape index (κ1) is 73.3. The summed E-state index contributed by atoms with van der Waals surface area (Å²) < 4.78 is 0. The Morgan fingerprint density at radius 3 is 1.53 bits per heavy atom. The molecule has 1 aliphatic heterocycles. The minimum atomic E-state index is -1.97. The molecule has 10 amide bonds. The Kier molecular flexibility index (Phi) is 28.5. The number of phenols is 2. The maximum Gasteiger partial charge on any atom is 0.326 e. The molecule has 0 spiro atoms. The predicted molar refractivity (Wildman–Crippen MR) is 336 cm³/mol. The summed E-state index contributed by atoms with van der Waals surface area (Å²) in [7, 11) is 0. The highest BCUT2D eigenvalue weighted by Crippen LogP contribution is 2.23. The van der Waals surface area contributed by atoms with Crippen LogP contribution < -0.4 is 59.7 Å². The number of benzene rings is 3. The fraction of sp³-hybridized carbons (Fsp3) is 0.460. The zero-order chi connectivity index (χ0) is 67.8. The highest BCUT2D eigenvalue weighted by molar-refractivity contribution is 7.09. The van der Waals surface area contributed by atoms with Crippen LogP contribution in [0, 0.1) is 11.8 Å². The maximum absolute atomic E-state index is 15.0. The molecular formula is C63H84N12O16S. The van der Waals surface area contributed by atoms with Crippen LogP contribution in [0.5, 0.6) is 11.5 Å². The van der Waals surface area contributed by atoms with E-state index in [1.54, 1.807) is 73.8 Å². The number of aromatic hydroxyl groups is 2. The standard InChI is InChI=1S/C63H84N12O16S/c1-34(2)27-43(68-54(81)42(14-8-24-64)67-61(88)53(66)35(3)4)55(82)73-48(29-37-16-20-39(76)21-17-37)62(89)75-25-9-15-50(75)60(87)72-44(28-36-11-6-5-7-12-36)56(83)69-45(31-41-13-10-26-92-41)57(84)70-46(32-51(65)78)58(85)71-47(33-52(79)80)59(86)74-49(63(90)91)30-38-18-22-40(77)23-19-38/h5-7,10-13,16-23,26,34-35,42-50,53,76-77H,8-9,14-15,24-25,27-33,64,66H2,1-4H3,(H2,65,78)(H,67,88)(H,68,81)(H,69,83)(H,70,84)(H,71,85)(H,72,87)(H,73,82)(H,74,86)(H,79,80)(H,90,91)/t42-,43-,44-,45-,46-,47-,48-,49-,50-,53-/m0/s1. The Labute approximate surface area is 535 Å². The normalized spacial score (nSPS) is 15.8. The molecule has 0 saturated carbocycles. The van der Waals surface area contributed by atoms with Gasteiger partial charge in [-0.25, -0.2) is 4.79 Å². The van der Waals surface area contributed by atoms with Gasteiger partial charge in [-0.05, 0) is 103 Å². The summed E-state index contributed by atoms with van der Waals surface area (Å²) in [4.78, 5) is 167. The Morgan fingerprint density at radius 2 is 1.01 bits per heavy atom. The van der Waals surface area contributed by atoms with Crippen LogP contribution in [-0.4, -0.2) is 170 Å². The van der Waals surface area contributed by atoms with Gasteiger partial charge in [-0.15, -0.1) is 11.3 Å². The first-order valence-corrected chi connectivity index (χ1v) is 31.0. The van der Waals surface area contributed by atoms with Crippen LogP contribution in [0.25, 0.3) is 0 Å². The molecule has 5 rings (SSSR count). The number of carbonyl (C=O) groups excluding carboxylic acids is 10. The predicted octanol–water partition coefficient (Wildman–Crippen LogP) is -0.498. The van der Waals surface area contributed by atoms with E-state index in [2.05, 4.69) is 42.5 Å². The van der Waals surface area contributed by atoms with Gasteiger partial charge in [-0.1, -0.05) is 88.4 Å². The molecule has 4 aromatic rings. The summed E-state index contributed by atoms with van der Waals surface area (Å²) in [6.07, 6.45) is -1.92. The molecule has 3 aromatic carbocycles. The number of aliphatic carboxylic acids is 2. The van der Waals surface area contributed by atoms with Crippen LogP contribution in [0.4, 0.5) is 0 Å². The number of rotatable bonds is 36. The number of hydrogen-bond acceptors (Lipinski definition) is 17. The van der Waals surface area contributed by atoms with Crippen molar-refractivity contribution in [3.8, 4) is 11.5 Å². The van der Waals surface area contributed by atoms with Crippen LogP contribution in [-0.2, 0) is 83.2 Å². The van der Waals surface area contributed by atoms with Crippen LogP contribution in [0.2, 0.25) is 0 Å². The molecule has 28 nitrogen and oxygen atoms in total. The minimum absolute atomic E-state index is 0.0241. The maximum atomic E-state index is 15.0. The molecule has 0 aliphatic carbocycles. The number of nitrogens with zero attached hydrogens (tertiary/aromatic N) is 1. The molecule has 0 unspecified atom stereocenters. The number of thiophene rings is 1. The monoisotopic (exact) mass is 1300 g/mol. The number of phenolic OH excluding ortho intramolecular Hbond substituents is 2. The van der Waals surface area contributed by atoms with E-state index in [1.807, 2.05) is 13.8 Å². The van der Waals surface area contributed by atoms with Crippen molar-refractivity contribution in [2.75, 3.05) is 13.1 Å². The Balaban J connectivity index is 1.40. The molecular weight excluding hydrogens is 1210 g/mol. The molecule has 29 heteroatoms. The van der Waals surface area contributed by atoms with Crippen LogP contribution in [0.3, 0.4) is 0 Å². The minimum Gasteiger partial charge on any atom is -0.508 e. The molecule has 1 aromatic heterocycles. The zero-order valence-corrected chi connectivity index (χ0v) is 52.5. The van der Waals surface area contributed by atoms with Gasteiger partial charge in [0.1, 0.15) is 65.9 Å². The first-order chi connectivity index (χ1) is 43.6. The van der Waals surface area contributed by atoms with Gasteiger partial charge >= 0.3 is 11.9 Å². The smallest absolute Gasteiger partial charge is 0.326 e. The van der Waals surface area contributed by atoms with Crippen molar-refractivity contribution in [1.82, 2.24) is 47.4 Å². The number of carboxylic acids is 2. The molecule has 1 saturated heterocycles. The number of nitrogens with two attached hydrogens (primary N) is 3. The molecule has 0 bridgehead atoms. The quantitative estimate of drug-likeness (QED) is 0.0273. The van der Waals surface area contributed by atoms with Crippen molar-refractivity contribution in [2.24, 2.45) is 29.0 Å². The molecule has 18 N–H and O–H groups in total. The van der Waals surface area contributed by atoms with E-state index in [-0.39, 0.29) is 81.4 Å². The number of carbonyl (C=O) groups is 12. The summed E-state index contributed by atoms with van der Waals surface area (Å²) >= 11 is 1.20. The Morgan fingerprint density at radius 1 is 0.543 bits per heavy atom. The second-order valence-corrected chi connectivity index (χ2v) is 24.4. The Bertz CT molecular complexity index is 3190.